The number of hydrogen-bond acceptors (Lipinski definition) is 4. The molecular weight excluding hydrogens is 340 g/mol. The average Bonchev–Trinajstić information content (AvgIpc) is 2.36. The van der Waals surface area contributed by atoms with E-state index in [0.717, 1.165) is 10.0 Å². The van der Waals surface area contributed by atoms with Gasteiger partial charge in [0.25, 0.3) is 5.56 Å². The minimum Gasteiger partial charge on any atom is -0.405 e. The van der Waals surface area contributed by atoms with Gasteiger partial charge in [0.2, 0.25) is 5.71 Å². The minimum absolute atomic E-state index is 0.110. The third-order valence-corrected chi connectivity index (χ3v) is 3.50. The van der Waals surface area contributed by atoms with E-state index >= 15 is 0 Å². The van der Waals surface area contributed by atoms with Gasteiger partial charge in [0.15, 0.2) is 0 Å². The Morgan fingerprint density at radius 3 is 2.67 bits per heavy atom. The minimum atomic E-state index is -0.713. The number of aromatic amines is 2. The van der Waals surface area contributed by atoms with E-state index in [0.29, 0.717) is 12.0 Å². The standard InChI is InChI=1S/C14H9BrN2O4/c15-9-3-1-2-7(5-9)4-8-6-10(18)21-13-11(8)12(19)16-14(20)17-13/h1-3,5-6H,4H2,(H2,16,17,19,20). The van der Waals surface area contributed by atoms with Gasteiger partial charge in [-0.15, -0.1) is 0 Å². The first-order chi connectivity index (χ1) is 10.0. The molecule has 0 amide bonds. The van der Waals surface area contributed by atoms with Crippen molar-refractivity contribution >= 4 is 27.0 Å². The van der Waals surface area contributed by atoms with Gasteiger partial charge in [0.1, 0.15) is 5.39 Å². The highest BCUT2D eigenvalue weighted by molar-refractivity contribution is 9.10. The zero-order valence-electron chi connectivity index (χ0n) is 10.6. The summed E-state index contributed by atoms with van der Waals surface area (Å²) in [6.45, 7) is 0. The van der Waals surface area contributed by atoms with Crippen molar-refractivity contribution in [1.29, 1.82) is 0 Å². The van der Waals surface area contributed by atoms with Gasteiger partial charge >= 0.3 is 11.3 Å². The Morgan fingerprint density at radius 1 is 1.10 bits per heavy atom. The molecule has 21 heavy (non-hydrogen) atoms. The molecule has 2 aromatic heterocycles. The molecule has 0 bridgehead atoms. The molecule has 0 saturated heterocycles. The SMILES string of the molecule is O=c1[nH]c(=O)c2c(Cc3cccc(Br)c3)cc(=O)oc2[nH]1. The summed E-state index contributed by atoms with van der Waals surface area (Å²) < 4.78 is 5.78. The summed E-state index contributed by atoms with van der Waals surface area (Å²) in [7, 11) is 0. The van der Waals surface area contributed by atoms with Crippen molar-refractivity contribution in [3.63, 3.8) is 0 Å². The monoisotopic (exact) mass is 348 g/mol. The molecule has 0 saturated carbocycles. The first kappa shape index (κ1) is 13.6. The molecule has 0 unspecified atom stereocenters. The highest BCUT2D eigenvalue weighted by Gasteiger charge is 2.11. The van der Waals surface area contributed by atoms with Crippen LogP contribution >= 0.6 is 15.9 Å². The van der Waals surface area contributed by atoms with Crippen molar-refractivity contribution < 1.29 is 4.42 Å². The van der Waals surface area contributed by atoms with Gasteiger partial charge in [0.05, 0.1) is 0 Å². The predicted octanol–water partition coefficient (Wildman–Crippen LogP) is 1.52. The molecule has 0 aliphatic heterocycles. The lowest BCUT2D eigenvalue weighted by atomic mass is 10.0. The van der Waals surface area contributed by atoms with Crippen molar-refractivity contribution in [3.8, 4) is 0 Å². The maximum absolute atomic E-state index is 11.9. The van der Waals surface area contributed by atoms with E-state index in [4.69, 9.17) is 4.42 Å². The highest BCUT2D eigenvalue weighted by atomic mass is 79.9. The van der Waals surface area contributed by atoms with E-state index in [2.05, 4.69) is 25.9 Å². The van der Waals surface area contributed by atoms with Crippen molar-refractivity contribution in [2.24, 2.45) is 0 Å². The topological polar surface area (TPSA) is 95.9 Å². The predicted molar refractivity (Wildman–Crippen MR) is 80.7 cm³/mol. The normalized spacial score (nSPS) is 10.9. The zero-order chi connectivity index (χ0) is 15.0. The van der Waals surface area contributed by atoms with Crippen LogP contribution in [-0.4, -0.2) is 9.97 Å². The van der Waals surface area contributed by atoms with E-state index < -0.39 is 16.9 Å². The highest BCUT2D eigenvalue weighted by Crippen LogP contribution is 2.17. The van der Waals surface area contributed by atoms with Crippen molar-refractivity contribution in [1.82, 2.24) is 9.97 Å². The summed E-state index contributed by atoms with van der Waals surface area (Å²) in [6.07, 6.45) is 0.372. The van der Waals surface area contributed by atoms with E-state index in [1.165, 1.54) is 6.07 Å². The zero-order valence-corrected chi connectivity index (χ0v) is 12.2. The van der Waals surface area contributed by atoms with Crippen LogP contribution in [0.2, 0.25) is 0 Å². The number of aromatic nitrogens is 2. The first-order valence-corrected chi connectivity index (χ1v) is 6.86. The molecule has 0 atom stereocenters. The van der Waals surface area contributed by atoms with Crippen LogP contribution in [0.3, 0.4) is 0 Å². The lowest BCUT2D eigenvalue weighted by Gasteiger charge is -2.05. The Hall–Kier alpha value is -2.41. The fourth-order valence-corrected chi connectivity index (χ4v) is 2.63. The summed E-state index contributed by atoms with van der Waals surface area (Å²) in [5.74, 6) is 0. The lowest BCUT2D eigenvalue weighted by molar-refractivity contribution is 0.545. The molecule has 2 heterocycles. The molecular formula is C14H9BrN2O4. The van der Waals surface area contributed by atoms with Crippen LogP contribution in [0.5, 0.6) is 0 Å². The number of fused-ring (bicyclic) bond motifs is 1. The van der Waals surface area contributed by atoms with Gasteiger partial charge in [-0.2, -0.15) is 0 Å². The van der Waals surface area contributed by atoms with Gasteiger partial charge in [-0.3, -0.25) is 14.8 Å². The molecule has 3 aromatic rings. The largest absolute Gasteiger partial charge is 0.405 e. The molecule has 0 aliphatic rings. The van der Waals surface area contributed by atoms with Gasteiger partial charge in [-0.25, -0.2) is 9.59 Å². The molecule has 3 rings (SSSR count). The third-order valence-electron chi connectivity index (χ3n) is 3.01. The molecule has 7 heteroatoms. The molecule has 2 N–H and O–H groups in total. The Labute approximate surface area is 125 Å². The van der Waals surface area contributed by atoms with Crippen molar-refractivity contribution in [3.05, 3.63) is 77.2 Å². The maximum atomic E-state index is 11.9. The smallest absolute Gasteiger partial charge is 0.337 e. The summed E-state index contributed by atoms with van der Waals surface area (Å²) in [6, 6.07) is 8.77. The first-order valence-electron chi connectivity index (χ1n) is 6.07. The van der Waals surface area contributed by atoms with Crippen molar-refractivity contribution in [2.75, 3.05) is 0 Å². The van der Waals surface area contributed by atoms with Gasteiger partial charge in [-0.1, -0.05) is 28.1 Å². The number of H-pyrrole nitrogens is 2. The second kappa shape index (κ2) is 5.17. The Balaban J connectivity index is 2.25. The van der Waals surface area contributed by atoms with Gasteiger partial charge in [-0.05, 0) is 29.7 Å². The summed E-state index contributed by atoms with van der Waals surface area (Å²) in [5.41, 5.74) is -0.605. The Morgan fingerprint density at radius 2 is 1.90 bits per heavy atom. The summed E-state index contributed by atoms with van der Waals surface area (Å²) >= 11 is 3.37. The molecule has 0 aliphatic carbocycles. The van der Waals surface area contributed by atoms with Crippen LogP contribution in [0.4, 0.5) is 0 Å². The number of hydrogen-bond donors (Lipinski definition) is 2. The number of halogens is 1. The second-order valence-corrected chi connectivity index (χ2v) is 5.43. The average molecular weight is 349 g/mol. The van der Waals surface area contributed by atoms with E-state index in [-0.39, 0.29) is 11.1 Å². The van der Waals surface area contributed by atoms with Crippen LogP contribution in [0, 0.1) is 0 Å². The van der Waals surface area contributed by atoms with Crippen molar-refractivity contribution in [2.45, 2.75) is 6.42 Å². The van der Waals surface area contributed by atoms with Crippen LogP contribution < -0.4 is 16.9 Å². The van der Waals surface area contributed by atoms with E-state index in [1.54, 1.807) is 0 Å². The second-order valence-electron chi connectivity index (χ2n) is 4.51. The lowest BCUT2D eigenvalue weighted by Crippen LogP contribution is -2.24. The summed E-state index contributed by atoms with van der Waals surface area (Å²) in [4.78, 5) is 39.2. The van der Waals surface area contributed by atoms with E-state index in [9.17, 15) is 14.4 Å². The van der Waals surface area contributed by atoms with E-state index in [1.807, 2.05) is 24.3 Å². The molecule has 0 fully saturated rings. The number of nitrogens with one attached hydrogen (secondary N) is 2. The molecule has 6 nitrogen and oxygen atoms in total. The molecule has 1 aromatic carbocycles. The summed E-state index contributed by atoms with van der Waals surface area (Å²) in [5, 5.41) is 0.175. The molecule has 0 spiro atoms. The van der Waals surface area contributed by atoms with Gasteiger partial charge < -0.3 is 4.42 Å². The molecule has 106 valence electrons. The number of rotatable bonds is 2. The van der Waals surface area contributed by atoms with Crippen LogP contribution in [-0.2, 0) is 6.42 Å². The van der Waals surface area contributed by atoms with Crippen LogP contribution in [0.25, 0.3) is 11.1 Å². The number of benzene rings is 1. The quantitative estimate of drug-likeness (QED) is 0.733. The van der Waals surface area contributed by atoms with Crippen LogP contribution in [0.15, 0.2) is 53.6 Å². The maximum Gasteiger partial charge on any atom is 0.337 e. The third kappa shape index (κ3) is 2.73. The fourth-order valence-electron chi connectivity index (χ4n) is 2.18. The Kier molecular flexibility index (Phi) is 3.34. The Bertz CT molecular complexity index is 995. The fraction of sp³-hybridized carbons (Fsp3) is 0.0714. The van der Waals surface area contributed by atoms with Crippen LogP contribution in [0.1, 0.15) is 11.1 Å². The van der Waals surface area contributed by atoms with Gasteiger partial charge in [0, 0.05) is 10.5 Å². The molecule has 0 radical (unpaired) electrons.